The molecule has 11 heteroatoms. The molecular weight excluding hydrogens is 544 g/mol. The Morgan fingerprint density at radius 1 is 1.02 bits per heavy atom. The Kier molecular flexibility index (Phi) is 23.2. The Balaban J connectivity index is 0. The van der Waals surface area contributed by atoms with Crippen molar-refractivity contribution in [3.63, 3.8) is 0 Å². The van der Waals surface area contributed by atoms with Gasteiger partial charge in [0, 0.05) is 57.7 Å². The van der Waals surface area contributed by atoms with Gasteiger partial charge in [-0.2, -0.15) is 5.26 Å². The largest absolute Gasteiger partial charge is 0.388 e. The lowest BCUT2D eigenvalue weighted by atomic mass is 10.1. The summed E-state index contributed by atoms with van der Waals surface area (Å²) in [4.78, 5) is 43.3. The van der Waals surface area contributed by atoms with Crippen LogP contribution in [-0.4, -0.2) is 63.5 Å². The van der Waals surface area contributed by atoms with Crippen molar-refractivity contribution in [1.29, 1.82) is 5.26 Å². The zero-order valence-electron chi connectivity index (χ0n) is 25.6. The Labute approximate surface area is 248 Å². The molecule has 232 valence electrons. The second-order valence-corrected chi connectivity index (χ2v) is 9.70. The number of nitrogens with one attached hydrogen (secondary N) is 3. The van der Waals surface area contributed by atoms with Crippen LogP contribution in [-0.2, 0) is 19.2 Å². The second kappa shape index (κ2) is 24.5. The Bertz CT molecular complexity index is 1080. The molecule has 1 fully saturated rings. The first-order chi connectivity index (χ1) is 19.9. The minimum Gasteiger partial charge on any atom is -0.388 e. The molecule has 0 saturated carbocycles. The quantitative estimate of drug-likeness (QED) is 0.391. The van der Waals surface area contributed by atoms with E-state index in [9.17, 15) is 23.2 Å². The van der Waals surface area contributed by atoms with E-state index >= 15 is 0 Å². The number of halogens is 2. The van der Waals surface area contributed by atoms with Crippen LogP contribution in [0.2, 0.25) is 0 Å². The molecule has 0 radical (unpaired) electrons. The van der Waals surface area contributed by atoms with E-state index < -0.39 is 23.6 Å². The number of benzene rings is 2. The summed E-state index contributed by atoms with van der Waals surface area (Å²) in [5.41, 5.74) is 1.47. The van der Waals surface area contributed by atoms with E-state index in [-0.39, 0.29) is 18.2 Å². The SMILES string of the molecule is CC(C)C.CC(CC=O)C(=O)N1CC(C=O)CC1C#N.CNC=O.CNc1ccc(F)cc1F.CNc1ccccc1. The number of nitrogens with zero attached hydrogens (tertiary/aromatic N) is 2. The van der Waals surface area contributed by atoms with Gasteiger partial charge in [0.25, 0.3) is 0 Å². The molecule has 3 rings (SSSR count). The van der Waals surface area contributed by atoms with Crippen molar-refractivity contribution >= 4 is 36.3 Å². The highest BCUT2D eigenvalue weighted by atomic mass is 19.1. The number of anilines is 2. The standard InChI is InChI=1S/C11H14N2O3.C7H7F2N.C7H9N.C4H10.C2H5NO/c1-8(2-3-14)11(16)13-6-9(7-15)4-10(13)5-12;1-10-7-3-2-5(8)4-6(7)9;1-8-7-5-3-2-4-6-7;1-4(2)3;1-3-2-4/h3,7-10H,2,4,6H2,1H3;2-4,10H,1H3;2-6,8H,1H3;4H,1-3H3;2H,1H3,(H,3,4). The van der Waals surface area contributed by atoms with E-state index in [1.54, 1.807) is 21.0 Å². The first-order valence-electron chi connectivity index (χ1n) is 13.5. The molecule has 3 atom stereocenters. The molecule has 0 aliphatic carbocycles. The van der Waals surface area contributed by atoms with Crippen LogP contribution in [0.1, 0.15) is 40.5 Å². The van der Waals surface area contributed by atoms with Gasteiger partial charge in [0.2, 0.25) is 12.3 Å². The van der Waals surface area contributed by atoms with Crippen LogP contribution in [0.5, 0.6) is 0 Å². The maximum absolute atomic E-state index is 12.5. The van der Waals surface area contributed by atoms with Crippen molar-refractivity contribution in [2.75, 3.05) is 38.3 Å². The van der Waals surface area contributed by atoms with Crippen molar-refractivity contribution in [2.45, 2.75) is 46.6 Å². The first-order valence-corrected chi connectivity index (χ1v) is 13.5. The van der Waals surface area contributed by atoms with Crippen LogP contribution < -0.4 is 16.0 Å². The molecule has 3 N–H and O–H groups in total. The van der Waals surface area contributed by atoms with Crippen LogP contribution >= 0.6 is 0 Å². The summed E-state index contributed by atoms with van der Waals surface area (Å²) >= 11 is 0. The lowest BCUT2D eigenvalue weighted by Gasteiger charge is -2.22. The maximum Gasteiger partial charge on any atom is 0.226 e. The monoisotopic (exact) mass is 589 g/mol. The topological polar surface area (TPSA) is 131 Å². The maximum atomic E-state index is 12.5. The van der Waals surface area contributed by atoms with Gasteiger partial charge in [0.15, 0.2) is 0 Å². The van der Waals surface area contributed by atoms with E-state index in [1.807, 2.05) is 43.4 Å². The average molecular weight is 590 g/mol. The Morgan fingerprint density at radius 2 is 1.60 bits per heavy atom. The minimum absolute atomic E-state index is 0.152. The van der Waals surface area contributed by atoms with Crippen LogP contribution in [0, 0.1) is 40.7 Å². The number of aldehydes is 2. The van der Waals surface area contributed by atoms with Crippen molar-refractivity contribution in [2.24, 2.45) is 17.8 Å². The first kappa shape index (κ1) is 39.8. The fraction of sp³-hybridized carbons (Fsp3) is 0.452. The van der Waals surface area contributed by atoms with Gasteiger partial charge in [-0.3, -0.25) is 9.59 Å². The molecular formula is C31H45F2N5O4. The smallest absolute Gasteiger partial charge is 0.226 e. The summed E-state index contributed by atoms with van der Waals surface area (Å²) in [5, 5.41) is 16.7. The molecule has 1 aliphatic rings. The zero-order valence-corrected chi connectivity index (χ0v) is 25.6. The van der Waals surface area contributed by atoms with E-state index in [2.05, 4.69) is 36.7 Å². The van der Waals surface area contributed by atoms with Gasteiger partial charge in [-0.05, 0) is 36.6 Å². The fourth-order valence-corrected chi connectivity index (χ4v) is 3.16. The Hall–Kier alpha value is -4.33. The van der Waals surface area contributed by atoms with E-state index in [0.29, 0.717) is 31.3 Å². The third kappa shape index (κ3) is 18.1. The fourth-order valence-electron chi connectivity index (χ4n) is 3.16. The highest BCUT2D eigenvalue weighted by Crippen LogP contribution is 2.23. The molecule has 1 heterocycles. The van der Waals surface area contributed by atoms with Gasteiger partial charge in [-0.1, -0.05) is 45.9 Å². The predicted octanol–water partition coefficient (Wildman–Crippen LogP) is 4.91. The number of nitriles is 1. The van der Waals surface area contributed by atoms with E-state index in [1.165, 1.54) is 17.0 Å². The van der Waals surface area contributed by atoms with Crippen LogP contribution in [0.3, 0.4) is 0 Å². The second-order valence-electron chi connectivity index (χ2n) is 9.70. The minimum atomic E-state index is -0.567. The molecule has 42 heavy (non-hydrogen) atoms. The molecule has 2 amide bonds. The molecule has 2 aromatic rings. The van der Waals surface area contributed by atoms with Gasteiger partial charge in [-0.15, -0.1) is 0 Å². The number of para-hydroxylation sites is 1. The number of likely N-dealkylation sites (tertiary alicyclic amines) is 1. The lowest BCUT2D eigenvalue weighted by Crippen LogP contribution is -2.38. The molecule has 1 saturated heterocycles. The van der Waals surface area contributed by atoms with Crippen molar-refractivity contribution in [1.82, 2.24) is 10.2 Å². The predicted molar refractivity (Wildman–Crippen MR) is 163 cm³/mol. The van der Waals surface area contributed by atoms with Crippen molar-refractivity contribution in [3.05, 3.63) is 60.2 Å². The number of amides is 2. The van der Waals surface area contributed by atoms with Gasteiger partial charge >= 0.3 is 0 Å². The number of rotatable bonds is 7. The molecule has 0 spiro atoms. The summed E-state index contributed by atoms with van der Waals surface area (Å²) in [7, 11) is 5.05. The molecule has 0 aromatic heterocycles. The third-order valence-electron chi connectivity index (χ3n) is 5.21. The van der Waals surface area contributed by atoms with E-state index in [4.69, 9.17) is 10.1 Å². The van der Waals surface area contributed by atoms with Crippen LogP contribution in [0.15, 0.2) is 48.5 Å². The lowest BCUT2D eigenvalue weighted by molar-refractivity contribution is -0.136. The third-order valence-corrected chi connectivity index (χ3v) is 5.21. The summed E-state index contributed by atoms with van der Waals surface area (Å²) in [6, 6.07) is 14.9. The molecule has 1 aliphatic heterocycles. The van der Waals surface area contributed by atoms with Gasteiger partial charge < -0.3 is 30.4 Å². The summed E-state index contributed by atoms with van der Waals surface area (Å²) in [6.45, 7) is 8.45. The van der Waals surface area contributed by atoms with Crippen molar-refractivity contribution in [3.8, 4) is 6.07 Å². The number of carbonyl (C=O) groups is 4. The average Bonchev–Trinajstić information content (AvgIpc) is 3.41. The molecule has 0 bridgehead atoms. The van der Waals surface area contributed by atoms with E-state index in [0.717, 1.165) is 24.0 Å². The van der Waals surface area contributed by atoms with Crippen LogP contribution in [0.25, 0.3) is 0 Å². The summed E-state index contributed by atoms with van der Waals surface area (Å²) < 4.78 is 24.8. The van der Waals surface area contributed by atoms with Crippen molar-refractivity contribution < 1.29 is 28.0 Å². The number of carbonyl (C=O) groups excluding carboxylic acids is 4. The molecule has 3 unspecified atom stereocenters. The summed E-state index contributed by atoms with van der Waals surface area (Å²) in [6.07, 6.45) is 2.65. The summed E-state index contributed by atoms with van der Waals surface area (Å²) in [5.74, 6) is -1.18. The van der Waals surface area contributed by atoms with Crippen LogP contribution in [0.4, 0.5) is 20.2 Å². The molecule has 9 nitrogen and oxygen atoms in total. The highest BCUT2D eigenvalue weighted by Gasteiger charge is 2.36. The van der Waals surface area contributed by atoms with Gasteiger partial charge in [0.1, 0.15) is 30.2 Å². The normalized spacial score (nSPS) is 15.1. The van der Waals surface area contributed by atoms with Gasteiger partial charge in [-0.25, -0.2) is 8.78 Å². The highest BCUT2D eigenvalue weighted by molar-refractivity contribution is 5.82. The number of hydrogen-bond donors (Lipinski definition) is 3. The zero-order chi connectivity index (χ0) is 32.5. The number of hydrogen-bond acceptors (Lipinski definition) is 7. The Morgan fingerprint density at radius 3 is 1.98 bits per heavy atom. The molecule has 2 aromatic carbocycles. The van der Waals surface area contributed by atoms with Gasteiger partial charge in [0.05, 0.1) is 11.8 Å².